The summed E-state index contributed by atoms with van der Waals surface area (Å²) in [6, 6.07) is 20.4. The van der Waals surface area contributed by atoms with Gasteiger partial charge in [-0.2, -0.15) is 5.10 Å². The van der Waals surface area contributed by atoms with E-state index in [0.717, 1.165) is 11.3 Å². The van der Waals surface area contributed by atoms with Crippen LogP contribution >= 0.6 is 0 Å². The van der Waals surface area contributed by atoms with Crippen LogP contribution in [0.15, 0.2) is 66.7 Å². The Bertz CT molecular complexity index is 955. The maximum Gasteiger partial charge on any atom is 0.274 e. The second-order valence-electron chi connectivity index (χ2n) is 6.50. The van der Waals surface area contributed by atoms with Gasteiger partial charge in [-0.25, -0.2) is 4.68 Å². The number of carbonyl (C=O) groups is 2. The number of nitrogens with one attached hydrogen (secondary N) is 1. The van der Waals surface area contributed by atoms with E-state index in [-0.39, 0.29) is 30.7 Å². The number of anilines is 1. The van der Waals surface area contributed by atoms with Gasteiger partial charge in [0.25, 0.3) is 5.91 Å². The zero-order chi connectivity index (χ0) is 20.6. The van der Waals surface area contributed by atoms with E-state index in [1.165, 1.54) is 0 Å². The normalized spacial score (nSPS) is 10.6. The molecule has 1 aromatic heterocycles. The van der Waals surface area contributed by atoms with E-state index in [1.807, 2.05) is 60.7 Å². The van der Waals surface area contributed by atoms with Gasteiger partial charge in [0.15, 0.2) is 5.69 Å². The molecule has 2 aromatic carbocycles. The largest absolute Gasteiger partial charge is 0.395 e. The zero-order valence-corrected chi connectivity index (χ0v) is 16.3. The van der Waals surface area contributed by atoms with Crippen molar-refractivity contribution in [2.24, 2.45) is 0 Å². The van der Waals surface area contributed by atoms with Crippen LogP contribution in [0.25, 0.3) is 5.69 Å². The van der Waals surface area contributed by atoms with Crippen molar-refractivity contribution in [2.45, 2.75) is 19.9 Å². The van der Waals surface area contributed by atoms with E-state index in [9.17, 15) is 14.7 Å². The summed E-state index contributed by atoms with van der Waals surface area (Å²) >= 11 is 0. The van der Waals surface area contributed by atoms with Crippen LogP contribution in [0.1, 0.15) is 29.4 Å². The Hall–Kier alpha value is -3.45. The molecule has 0 radical (unpaired) electrons. The number of hydrogen-bond donors (Lipinski definition) is 2. The molecule has 0 fully saturated rings. The SMILES string of the molecule is CCC(=O)Nc1cc(C(=O)N(CCO)Cc2ccccc2)nn1-c1ccccc1. The fourth-order valence-corrected chi connectivity index (χ4v) is 2.91. The van der Waals surface area contributed by atoms with Crippen molar-refractivity contribution >= 4 is 17.6 Å². The van der Waals surface area contributed by atoms with Crippen molar-refractivity contribution in [1.29, 1.82) is 0 Å². The number of nitrogens with zero attached hydrogens (tertiary/aromatic N) is 3. The van der Waals surface area contributed by atoms with Gasteiger partial charge in [0.05, 0.1) is 12.3 Å². The van der Waals surface area contributed by atoms with E-state index < -0.39 is 0 Å². The Balaban J connectivity index is 1.93. The van der Waals surface area contributed by atoms with Gasteiger partial charge in [0.1, 0.15) is 5.82 Å². The van der Waals surface area contributed by atoms with Crippen LogP contribution in [0.2, 0.25) is 0 Å². The van der Waals surface area contributed by atoms with E-state index >= 15 is 0 Å². The number of carbonyl (C=O) groups excluding carboxylic acids is 2. The number of rotatable bonds is 8. The summed E-state index contributed by atoms with van der Waals surface area (Å²) in [6.45, 7) is 2.14. The number of aromatic nitrogens is 2. The molecular weight excluding hydrogens is 368 g/mol. The molecule has 0 aliphatic carbocycles. The topological polar surface area (TPSA) is 87.5 Å². The minimum absolute atomic E-state index is 0.155. The Morgan fingerprint density at radius 3 is 2.34 bits per heavy atom. The van der Waals surface area contributed by atoms with Crippen LogP contribution in [0.4, 0.5) is 5.82 Å². The van der Waals surface area contributed by atoms with Crippen LogP contribution in [-0.2, 0) is 11.3 Å². The third kappa shape index (κ3) is 5.08. The molecule has 0 aliphatic heterocycles. The van der Waals surface area contributed by atoms with Crippen molar-refractivity contribution in [3.63, 3.8) is 0 Å². The van der Waals surface area contributed by atoms with E-state index in [1.54, 1.807) is 22.6 Å². The Morgan fingerprint density at radius 1 is 1.07 bits per heavy atom. The lowest BCUT2D eigenvalue weighted by Gasteiger charge is -2.20. The highest BCUT2D eigenvalue weighted by molar-refractivity contribution is 5.95. The molecule has 2 amide bonds. The molecule has 2 N–H and O–H groups in total. The molecular formula is C22H24N4O3. The van der Waals surface area contributed by atoms with Gasteiger partial charge >= 0.3 is 0 Å². The van der Waals surface area contributed by atoms with Crippen molar-refractivity contribution < 1.29 is 14.7 Å². The zero-order valence-electron chi connectivity index (χ0n) is 16.3. The molecule has 7 heteroatoms. The van der Waals surface area contributed by atoms with Gasteiger partial charge in [0.2, 0.25) is 5.91 Å². The summed E-state index contributed by atoms with van der Waals surface area (Å²) < 4.78 is 1.54. The van der Waals surface area contributed by atoms with Crippen LogP contribution in [0, 0.1) is 0 Å². The minimum Gasteiger partial charge on any atom is -0.395 e. The fraction of sp³-hybridized carbons (Fsp3) is 0.227. The summed E-state index contributed by atoms with van der Waals surface area (Å²) in [6.07, 6.45) is 0.313. The first kappa shape index (κ1) is 20.3. The maximum atomic E-state index is 13.1. The molecule has 0 aliphatic rings. The average Bonchev–Trinajstić information content (AvgIpc) is 3.18. The lowest BCUT2D eigenvalue weighted by Crippen LogP contribution is -2.33. The lowest BCUT2D eigenvalue weighted by atomic mass is 10.2. The summed E-state index contributed by atoms with van der Waals surface area (Å²) in [5.74, 6) is -0.0581. The smallest absolute Gasteiger partial charge is 0.274 e. The van der Waals surface area contributed by atoms with Crippen molar-refractivity contribution in [2.75, 3.05) is 18.5 Å². The molecule has 3 aromatic rings. The van der Waals surface area contributed by atoms with Crippen molar-refractivity contribution in [1.82, 2.24) is 14.7 Å². The third-order valence-corrected chi connectivity index (χ3v) is 4.39. The Morgan fingerprint density at radius 2 is 1.72 bits per heavy atom. The van der Waals surface area contributed by atoms with Crippen LogP contribution in [-0.4, -0.2) is 44.8 Å². The Labute approximate surface area is 169 Å². The molecule has 0 atom stereocenters. The van der Waals surface area contributed by atoms with E-state index in [4.69, 9.17) is 0 Å². The second-order valence-corrected chi connectivity index (χ2v) is 6.50. The number of benzene rings is 2. The fourth-order valence-electron chi connectivity index (χ4n) is 2.91. The van der Waals surface area contributed by atoms with Gasteiger partial charge < -0.3 is 15.3 Å². The quantitative estimate of drug-likeness (QED) is 0.617. The lowest BCUT2D eigenvalue weighted by molar-refractivity contribution is -0.115. The Kier molecular flexibility index (Phi) is 6.76. The molecule has 0 saturated heterocycles. The summed E-state index contributed by atoms with van der Waals surface area (Å²) in [4.78, 5) is 26.6. The number of para-hydroxylation sites is 1. The first-order valence-electron chi connectivity index (χ1n) is 9.51. The van der Waals surface area contributed by atoms with Crippen LogP contribution < -0.4 is 5.32 Å². The molecule has 0 spiro atoms. The second kappa shape index (κ2) is 9.66. The number of aliphatic hydroxyl groups is 1. The molecule has 1 heterocycles. The van der Waals surface area contributed by atoms with Gasteiger partial charge in [0, 0.05) is 25.6 Å². The highest BCUT2D eigenvalue weighted by Crippen LogP contribution is 2.19. The number of amides is 2. The van der Waals surface area contributed by atoms with E-state index in [0.29, 0.717) is 18.8 Å². The summed E-state index contributed by atoms with van der Waals surface area (Å²) in [5.41, 5.74) is 1.88. The molecule has 150 valence electrons. The van der Waals surface area contributed by atoms with Gasteiger partial charge in [-0.3, -0.25) is 9.59 Å². The van der Waals surface area contributed by atoms with Gasteiger partial charge in [-0.15, -0.1) is 0 Å². The molecule has 0 unspecified atom stereocenters. The monoisotopic (exact) mass is 392 g/mol. The van der Waals surface area contributed by atoms with Crippen molar-refractivity contribution in [3.8, 4) is 5.69 Å². The minimum atomic E-state index is -0.315. The number of aliphatic hydroxyl groups excluding tert-OH is 1. The van der Waals surface area contributed by atoms with Crippen LogP contribution in [0.5, 0.6) is 0 Å². The van der Waals surface area contributed by atoms with Gasteiger partial charge in [-0.05, 0) is 17.7 Å². The molecule has 3 rings (SSSR count). The highest BCUT2D eigenvalue weighted by Gasteiger charge is 2.22. The van der Waals surface area contributed by atoms with Crippen LogP contribution in [0.3, 0.4) is 0 Å². The number of hydrogen-bond acceptors (Lipinski definition) is 4. The standard InChI is InChI=1S/C22H24N4O3/c1-2-21(28)23-20-15-19(24-26(20)18-11-7-4-8-12-18)22(29)25(13-14-27)16-17-9-5-3-6-10-17/h3-12,15,27H,2,13-14,16H2,1H3,(H,23,28). The van der Waals surface area contributed by atoms with E-state index in [2.05, 4.69) is 10.4 Å². The van der Waals surface area contributed by atoms with Crippen molar-refractivity contribution in [3.05, 3.63) is 78.0 Å². The predicted molar refractivity (Wildman–Crippen MR) is 111 cm³/mol. The first-order valence-corrected chi connectivity index (χ1v) is 9.51. The molecule has 0 bridgehead atoms. The maximum absolute atomic E-state index is 13.1. The third-order valence-electron chi connectivity index (χ3n) is 4.39. The van der Waals surface area contributed by atoms with Gasteiger partial charge in [-0.1, -0.05) is 55.5 Å². The highest BCUT2D eigenvalue weighted by atomic mass is 16.3. The average molecular weight is 392 g/mol. The molecule has 29 heavy (non-hydrogen) atoms. The first-order chi connectivity index (χ1) is 14.1. The molecule has 0 saturated carbocycles. The summed E-state index contributed by atoms with van der Waals surface area (Å²) in [5, 5.41) is 16.7. The summed E-state index contributed by atoms with van der Waals surface area (Å²) in [7, 11) is 0. The predicted octanol–water partition coefficient (Wildman–Crippen LogP) is 2.86. The molecule has 7 nitrogen and oxygen atoms in total.